The predicted octanol–water partition coefficient (Wildman–Crippen LogP) is 1.81. The maximum atomic E-state index is 5.23. The molecule has 2 bridgehead atoms. The number of hydrogen-bond acceptors (Lipinski definition) is 3. The fourth-order valence-electron chi connectivity index (χ4n) is 4.15. The molecule has 0 saturated heterocycles. The topological polar surface area (TPSA) is 38.1 Å². The van der Waals surface area contributed by atoms with Crippen molar-refractivity contribution in [2.24, 2.45) is 23.7 Å². The minimum atomic E-state index is 0.793. The van der Waals surface area contributed by atoms with Gasteiger partial charge in [0.2, 0.25) is 0 Å². The van der Waals surface area contributed by atoms with E-state index >= 15 is 0 Å². The Kier molecular flexibility index (Phi) is 1.58. The Hall–Kier alpha value is -0.830. The maximum absolute atomic E-state index is 5.23. The normalized spacial score (nSPS) is 45.7. The molecule has 4 rings (SSSR count). The van der Waals surface area contributed by atoms with Gasteiger partial charge < -0.3 is 9.73 Å². The van der Waals surface area contributed by atoms with E-state index in [2.05, 4.69) is 10.3 Å². The highest BCUT2D eigenvalue weighted by Crippen LogP contribution is 2.65. The fraction of sp³-hybridized carbons (Fsp3) is 0.750. The summed E-state index contributed by atoms with van der Waals surface area (Å²) < 4.78 is 5.23. The lowest BCUT2D eigenvalue weighted by molar-refractivity contribution is 0.429. The van der Waals surface area contributed by atoms with Gasteiger partial charge in [-0.05, 0) is 42.9 Å². The molecule has 3 saturated carbocycles. The van der Waals surface area contributed by atoms with Gasteiger partial charge in [-0.25, -0.2) is 4.98 Å². The molecule has 1 aromatic heterocycles. The van der Waals surface area contributed by atoms with Gasteiger partial charge in [-0.3, -0.25) is 0 Å². The van der Waals surface area contributed by atoms with Crippen molar-refractivity contribution in [2.45, 2.75) is 31.8 Å². The summed E-state index contributed by atoms with van der Waals surface area (Å²) in [6, 6.07) is 0.793. The molecule has 3 aliphatic carbocycles. The number of fused-ring (bicyclic) bond motifs is 5. The number of nitrogens with one attached hydrogen (secondary N) is 1. The van der Waals surface area contributed by atoms with E-state index in [1.807, 2.05) is 0 Å². The van der Waals surface area contributed by atoms with Crippen LogP contribution in [0.15, 0.2) is 17.0 Å². The van der Waals surface area contributed by atoms with Crippen LogP contribution in [0.25, 0.3) is 0 Å². The maximum Gasteiger partial charge on any atom is 0.180 e. The molecule has 15 heavy (non-hydrogen) atoms. The third-order valence-corrected chi connectivity index (χ3v) is 4.73. The van der Waals surface area contributed by atoms with E-state index in [9.17, 15) is 0 Å². The Morgan fingerprint density at radius 2 is 2.13 bits per heavy atom. The lowest BCUT2D eigenvalue weighted by atomic mass is 10.0. The molecule has 3 nitrogen and oxygen atoms in total. The van der Waals surface area contributed by atoms with Crippen LogP contribution < -0.4 is 5.32 Å². The number of hydrogen-bond donors (Lipinski definition) is 1. The van der Waals surface area contributed by atoms with E-state index in [1.54, 1.807) is 6.20 Å². The molecule has 1 heterocycles. The number of rotatable bonds is 3. The monoisotopic (exact) mass is 204 g/mol. The highest BCUT2D eigenvalue weighted by molar-refractivity contribution is 5.17. The van der Waals surface area contributed by atoms with Crippen molar-refractivity contribution in [2.75, 3.05) is 0 Å². The van der Waals surface area contributed by atoms with Crippen molar-refractivity contribution in [1.82, 2.24) is 10.3 Å². The van der Waals surface area contributed by atoms with Crippen molar-refractivity contribution >= 4 is 0 Å². The first kappa shape index (κ1) is 8.34. The molecule has 0 aliphatic heterocycles. The third kappa shape index (κ3) is 1.13. The number of nitrogens with zero attached hydrogens (tertiary/aromatic N) is 1. The summed E-state index contributed by atoms with van der Waals surface area (Å²) in [6.45, 7) is 0.858. The Morgan fingerprint density at radius 3 is 2.80 bits per heavy atom. The summed E-state index contributed by atoms with van der Waals surface area (Å²) in [4.78, 5) is 3.93. The molecule has 3 heteroatoms. The highest BCUT2D eigenvalue weighted by Gasteiger charge is 2.64. The Morgan fingerprint density at radius 1 is 1.33 bits per heavy atom. The Balaban J connectivity index is 1.39. The molecule has 4 atom stereocenters. The number of aromatic nitrogens is 1. The second-order valence-corrected chi connectivity index (χ2v) is 5.36. The smallest absolute Gasteiger partial charge is 0.180 e. The quantitative estimate of drug-likeness (QED) is 0.816. The largest absolute Gasteiger partial charge is 0.447 e. The van der Waals surface area contributed by atoms with Gasteiger partial charge in [0.1, 0.15) is 5.76 Å². The minimum absolute atomic E-state index is 0.793. The molecule has 0 aromatic carbocycles. The molecular formula is C12H16N2O. The van der Waals surface area contributed by atoms with Crippen LogP contribution in [0.4, 0.5) is 0 Å². The average Bonchev–Trinajstić information content (AvgIpc) is 2.72. The lowest BCUT2D eigenvalue weighted by Gasteiger charge is -2.08. The summed E-state index contributed by atoms with van der Waals surface area (Å²) in [5.74, 6) is 5.07. The minimum Gasteiger partial charge on any atom is -0.447 e. The van der Waals surface area contributed by atoms with Crippen molar-refractivity contribution in [3.63, 3.8) is 0 Å². The second-order valence-electron chi connectivity index (χ2n) is 5.36. The van der Waals surface area contributed by atoms with Crippen molar-refractivity contribution in [3.05, 3.63) is 18.4 Å². The summed E-state index contributed by atoms with van der Waals surface area (Å²) in [7, 11) is 0. The molecule has 0 spiro atoms. The number of oxazole rings is 1. The molecule has 1 aromatic rings. The molecule has 4 unspecified atom stereocenters. The summed E-state index contributed by atoms with van der Waals surface area (Å²) in [5, 5.41) is 3.63. The molecule has 80 valence electrons. The van der Waals surface area contributed by atoms with Gasteiger partial charge in [0.25, 0.3) is 0 Å². The van der Waals surface area contributed by atoms with Crippen molar-refractivity contribution in [1.29, 1.82) is 0 Å². The second kappa shape index (κ2) is 2.85. The molecular weight excluding hydrogens is 188 g/mol. The van der Waals surface area contributed by atoms with E-state index in [0.717, 1.165) is 42.0 Å². The van der Waals surface area contributed by atoms with Crippen LogP contribution in [-0.2, 0) is 6.54 Å². The van der Waals surface area contributed by atoms with Crippen LogP contribution in [0.2, 0.25) is 0 Å². The fourth-order valence-corrected chi connectivity index (χ4v) is 4.15. The average molecular weight is 204 g/mol. The van der Waals surface area contributed by atoms with Gasteiger partial charge >= 0.3 is 0 Å². The van der Waals surface area contributed by atoms with Gasteiger partial charge in [-0.1, -0.05) is 0 Å². The van der Waals surface area contributed by atoms with Crippen molar-refractivity contribution in [3.8, 4) is 0 Å². The van der Waals surface area contributed by atoms with Crippen LogP contribution >= 0.6 is 0 Å². The standard InChI is InChI=1S/C12H16N2O/c1-2-8-3-7(1)10-11(8)12(10)14-5-9-4-13-6-15-9/h4,6-8,10-12,14H,1-3,5H2. The molecule has 0 amide bonds. The van der Waals surface area contributed by atoms with E-state index in [-0.39, 0.29) is 0 Å². The molecule has 1 N–H and O–H groups in total. The van der Waals surface area contributed by atoms with Crippen LogP contribution in [-0.4, -0.2) is 11.0 Å². The first-order chi connectivity index (χ1) is 7.43. The summed E-state index contributed by atoms with van der Waals surface area (Å²) in [6.07, 6.45) is 7.82. The molecule has 3 aliphatic rings. The van der Waals surface area contributed by atoms with Crippen LogP contribution in [0.1, 0.15) is 25.0 Å². The first-order valence-corrected chi connectivity index (χ1v) is 6.04. The summed E-state index contributed by atoms with van der Waals surface area (Å²) in [5.41, 5.74) is 0. The molecule has 0 radical (unpaired) electrons. The van der Waals surface area contributed by atoms with Gasteiger partial charge in [-0.15, -0.1) is 0 Å². The zero-order valence-corrected chi connectivity index (χ0v) is 8.73. The molecule has 3 fully saturated rings. The van der Waals surface area contributed by atoms with Gasteiger partial charge in [0.05, 0.1) is 12.7 Å². The highest BCUT2D eigenvalue weighted by atomic mass is 16.3. The predicted molar refractivity (Wildman–Crippen MR) is 54.9 cm³/mol. The zero-order chi connectivity index (χ0) is 9.83. The third-order valence-electron chi connectivity index (χ3n) is 4.73. The van der Waals surface area contributed by atoms with Gasteiger partial charge in [0, 0.05) is 6.04 Å². The zero-order valence-electron chi connectivity index (χ0n) is 8.73. The summed E-state index contributed by atoms with van der Waals surface area (Å²) >= 11 is 0. The van der Waals surface area contributed by atoms with E-state index in [4.69, 9.17) is 4.42 Å². The van der Waals surface area contributed by atoms with Crippen LogP contribution in [0.3, 0.4) is 0 Å². The Labute approximate surface area is 89.3 Å². The van der Waals surface area contributed by atoms with E-state index < -0.39 is 0 Å². The first-order valence-electron chi connectivity index (χ1n) is 6.04. The van der Waals surface area contributed by atoms with E-state index in [1.165, 1.54) is 25.7 Å². The SMILES string of the molecule is c1ncc(CNC2C3C4CCC(C4)C23)o1. The van der Waals surface area contributed by atoms with E-state index in [0.29, 0.717) is 0 Å². The van der Waals surface area contributed by atoms with Gasteiger partial charge in [-0.2, -0.15) is 0 Å². The lowest BCUT2D eigenvalue weighted by Crippen LogP contribution is -2.22. The van der Waals surface area contributed by atoms with Crippen molar-refractivity contribution < 1.29 is 4.42 Å². The van der Waals surface area contributed by atoms with Gasteiger partial charge in [0.15, 0.2) is 6.39 Å². The van der Waals surface area contributed by atoms with Crippen LogP contribution in [0.5, 0.6) is 0 Å². The Bertz CT molecular complexity index is 346. The van der Waals surface area contributed by atoms with Crippen LogP contribution in [0, 0.1) is 23.7 Å².